The average Bonchev–Trinajstić information content (AvgIpc) is 2.34. The van der Waals surface area contributed by atoms with Gasteiger partial charge in [0, 0.05) is 6.42 Å². The first-order valence-corrected chi connectivity index (χ1v) is 5.79. The molecule has 7 heteroatoms. The molecule has 108 valence electrons. The molecule has 0 saturated carbocycles. The number of alkyl halides is 3. The zero-order valence-electron chi connectivity index (χ0n) is 10.7. The maximum Gasteiger partial charge on any atom is 0.573 e. The fourth-order valence-electron chi connectivity index (χ4n) is 1.53. The summed E-state index contributed by atoms with van der Waals surface area (Å²) in [7, 11) is 0. The summed E-state index contributed by atoms with van der Waals surface area (Å²) < 4.78 is 45.2. The van der Waals surface area contributed by atoms with Gasteiger partial charge in [0.25, 0.3) is 0 Å². The molecule has 0 unspecified atom stereocenters. The van der Waals surface area contributed by atoms with Crippen LogP contribution in [0, 0.1) is 11.3 Å². The summed E-state index contributed by atoms with van der Waals surface area (Å²) in [6.07, 6.45) is -4.50. The van der Waals surface area contributed by atoms with Crippen molar-refractivity contribution >= 4 is 5.97 Å². The number of hydrogen-bond donors (Lipinski definition) is 0. The third-order valence-corrected chi connectivity index (χ3v) is 2.24. The molecule has 0 bridgehead atoms. The first-order chi connectivity index (χ1) is 9.35. The molecule has 0 saturated heterocycles. The first kappa shape index (κ1) is 15.8. The van der Waals surface area contributed by atoms with Gasteiger partial charge in [-0.25, -0.2) is 4.79 Å². The largest absolute Gasteiger partial charge is 0.573 e. The number of ether oxygens (including phenoxy) is 2. The van der Waals surface area contributed by atoms with E-state index in [4.69, 9.17) is 10.00 Å². The highest BCUT2D eigenvalue weighted by Crippen LogP contribution is 2.26. The van der Waals surface area contributed by atoms with E-state index in [1.807, 2.05) is 6.07 Å². The van der Waals surface area contributed by atoms with E-state index in [1.54, 1.807) is 6.92 Å². The number of aryl methyl sites for hydroxylation is 1. The number of benzene rings is 1. The minimum atomic E-state index is -4.85. The molecule has 1 aromatic rings. The van der Waals surface area contributed by atoms with Gasteiger partial charge in [-0.1, -0.05) is 0 Å². The summed E-state index contributed by atoms with van der Waals surface area (Å²) in [5.41, 5.74) is 0.359. The van der Waals surface area contributed by atoms with Gasteiger partial charge in [-0.3, -0.25) is 0 Å². The number of esters is 1. The molecule has 0 fully saturated rings. The lowest BCUT2D eigenvalue weighted by molar-refractivity contribution is -0.274. The minimum absolute atomic E-state index is 0.0402. The van der Waals surface area contributed by atoms with Crippen molar-refractivity contribution in [3.05, 3.63) is 29.3 Å². The predicted molar refractivity (Wildman–Crippen MR) is 63.0 cm³/mol. The van der Waals surface area contributed by atoms with E-state index in [0.717, 1.165) is 12.1 Å². The van der Waals surface area contributed by atoms with Gasteiger partial charge in [0.1, 0.15) is 5.75 Å². The molecule has 0 atom stereocenters. The Bertz CT molecular complexity index is 521. The number of halogens is 3. The predicted octanol–water partition coefficient (Wildman–Crippen LogP) is 3.22. The quantitative estimate of drug-likeness (QED) is 0.780. The molecular formula is C13H12F3NO3. The van der Waals surface area contributed by atoms with E-state index in [0.29, 0.717) is 5.56 Å². The van der Waals surface area contributed by atoms with E-state index in [1.165, 1.54) is 6.07 Å². The fourth-order valence-corrected chi connectivity index (χ4v) is 1.53. The molecule has 1 aromatic carbocycles. The Morgan fingerprint density at radius 1 is 1.35 bits per heavy atom. The van der Waals surface area contributed by atoms with Crippen LogP contribution in [-0.2, 0) is 11.2 Å². The molecule has 0 aliphatic rings. The first-order valence-electron chi connectivity index (χ1n) is 5.79. The zero-order chi connectivity index (χ0) is 15.2. The smallest absolute Gasteiger partial charge is 0.462 e. The monoisotopic (exact) mass is 287 g/mol. The minimum Gasteiger partial charge on any atom is -0.462 e. The van der Waals surface area contributed by atoms with E-state index in [2.05, 4.69) is 4.74 Å². The topological polar surface area (TPSA) is 59.3 Å². The van der Waals surface area contributed by atoms with Crippen LogP contribution in [0.15, 0.2) is 18.2 Å². The summed E-state index contributed by atoms with van der Waals surface area (Å²) in [5.74, 6) is -1.24. The van der Waals surface area contributed by atoms with Gasteiger partial charge >= 0.3 is 12.3 Å². The molecule has 0 radical (unpaired) electrons. The van der Waals surface area contributed by atoms with Crippen molar-refractivity contribution in [2.24, 2.45) is 0 Å². The summed E-state index contributed by atoms with van der Waals surface area (Å²) in [6, 6.07) is 5.37. The molecule has 4 nitrogen and oxygen atoms in total. The maximum atomic E-state index is 12.2. The van der Waals surface area contributed by atoms with Crippen molar-refractivity contribution in [2.75, 3.05) is 6.61 Å². The van der Waals surface area contributed by atoms with Crippen LogP contribution in [0.2, 0.25) is 0 Å². The van der Waals surface area contributed by atoms with Crippen LogP contribution in [-0.4, -0.2) is 18.9 Å². The van der Waals surface area contributed by atoms with Crippen molar-refractivity contribution in [3.63, 3.8) is 0 Å². The number of carbonyl (C=O) groups excluding carboxylic acids is 1. The summed E-state index contributed by atoms with van der Waals surface area (Å²) >= 11 is 0. The van der Waals surface area contributed by atoms with Crippen molar-refractivity contribution in [2.45, 2.75) is 26.1 Å². The van der Waals surface area contributed by atoms with Crippen LogP contribution in [0.5, 0.6) is 5.75 Å². The molecule has 1 rings (SSSR count). The van der Waals surface area contributed by atoms with Crippen LogP contribution in [0.25, 0.3) is 0 Å². The molecule has 0 aliphatic carbocycles. The van der Waals surface area contributed by atoms with E-state index >= 15 is 0 Å². The summed E-state index contributed by atoms with van der Waals surface area (Å²) in [5, 5.41) is 8.49. The number of nitriles is 1. The third kappa shape index (κ3) is 5.18. The Kier molecular flexibility index (Phi) is 5.38. The number of rotatable bonds is 5. The van der Waals surface area contributed by atoms with Crippen molar-refractivity contribution in [1.82, 2.24) is 0 Å². The van der Waals surface area contributed by atoms with E-state index in [9.17, 15) is 18.0 Å². The van der Waals surface area contributed by atoms with Gasteiger partial charge < -0.3 is 9.47 Å². The van der Waals surface area contributed by atoms with Gasteiger partial charge in [0.05, 0.1) is 18.2 Å². The Labute approximate surface area is 113 Å². The Morgan fingerprint density at radius 2 is 2.05 bits per heavy atom. The lowest BCUT2D eigenvalue weighted by Crippen LogP contribution is -2.18. The Hall–Kier alpha value is -2.23. The van der Waals surface area contributed by atoms with Crippen LogP contribution in [0.3, 0.4) is 0 Å². The van der Waals surface area contributed by atoms with Crippen LogP contribution in [0.1, 0.15) is 29.3 Å². The average molecular weight is 287 g/mol. The fraction of sp³-hybridized carbons (Fsp3) is 0.385. The molecule has 0 aromatic heterocycles. The summed E-state index contributed by atoms with van der Waals surface area (Å²) in [4.78, 5) is 11.6. The van der Waals surface area contributed by atoms with Crippen LogP contribution >= 0.6 is 0 Å². The zero-order valence-corrected chi connectivity index (χ0v) is 10.7. The molecular weight excluding hydrogens is 275 g/mol. The SMILES string of the molecule is CCOC(=O)c1cc(CCC#N)cc(OC(F)(F)F)c1. The van der Waals surface area contributed by atoms with Gasteiger partial charge in [0.2, 0.25) is 0 Å². The van der Waals surface area contributed by atoms with E-state index < -0.39 is 18.1 Å². The summed E-state index contributed by atoms with van der Waals surface area (Å²) in [6.45, 7) is 1.70. The van der Waals surface area contributed by atoms with Crippen LogP contribution < -0.4 is 4.74 Å². The van der Waals surface area contributed by atoms with Gasteiger partial charge in [-0.15, -0.1) is 13.2 Å². The maximum absolute atomic E-state index is 12.2. The molecule has 0 heterocycles. The second kappa shape index (κ2) is 6.80. The highest BCUT2D eigenvalue weighted by atomic mass is 19.4. The molecule has 20 heavy (non-hydrogen) atoms. The van der Waals surface area contributed by atoms with Crippen molar-refractivity contribution in [1.29, 1.82) is 5.26 Å². The number of nitrogens with zero attached hydrogens (tertiary/aromatic N) is 1. The molecule has 0 spiro atoms. The molecule has 0 aliphatic heterocycles. The third-order valence-electron chi connectivity index (χ3n) is 2.24. The normalized spacial score (nSPS) is 10.8. The second-order valence-corrected chi connectivity index (χ2v) is 3.79. The number of hydrogen-bond acceptors (Lipinski definition) is 4. The van der Waals surface area contributed by atoms with Crippen molar-refractivity contribution < 1.29 is 27.4 Å². The number of carbonyl (C=O) groups is 1. The van der Waals surface area contributed by atoms with E-state index in [-0.39, 0.29) is 25.0 Å². The second-order valence-electron chi connectivity index (χ2n) is 3.79. The lowest BCUT2D eigenvalue weighted by atomic mass is 10.1. The standard InChI is InChI=1S/C13H12F3NO3/c1-2-19-12(18)10-6-9(4-3-5-17)7-11(8-10)20-13(14,15)16/h6-8H,2-4H2,1H3. The van der Waals surface area contributed by atoms with Crippen molar-refractivity contribution in [3.8, 4) is 11.8 Å². The molecule has 0 amide bonds. The van der Waals surface area contributed by atoms with Crippen LogP contribution in [0.4, 0.5) is 13.2 Å². The Morgan fingerprint density at radius 3 is 2.60 bits per heavy atom. The van der Waals surface area contributed by atoms with Gasteiger partial charge in [-0.05, 0) is 37.1 Å². The highest BCUT2D eigenvalue weighted by molar-refractivity contribution is 5.90. The van der Waals surface area contributed by atoms with Gasteiger partial charge in [-0.2, -0.15) is 5.26 Å². The Balaban J connectivity index is 3.07. The lowest BCUT2D eigenvalue weighted by Gasteiger charge is -2.12. The highest BCUT2D eigenvalue weighted by Gasteiger charge is 2.31. The van der Waals surface area contributed by atoms with Gasteiger partial charge in [0.15, 0.2) is 0 Å². The molecule has 0 N–H and O–H groups in total.